The molecule has 124 valence electrons. The van der Waals surface area contributed by atoms with Gasteiger partial charge >= 0.3 is 0 Å². The monoisotopic (exact) mass is 385 g/mol. The summed E-state index contributed by atoms with van der Waals surface area (Å²) in [7, 11) is 1.80. The molecule has 0 N–H and O–H groups in total. The van der Waals surface area contributed by atoms with E-state index >= 15 is 0 Å². The summed E-state index contributed by atoms with van der Waals surface area (Å²) in [6, 6.07) is 11.7. The average Bonchev–Trinajstić information content (AvgIpc) is 2.93. The third-order valence-electron chi connectivity index (χ3n) is 4.08. The lowest BCUT2D eigenvalue weighted by atomic mass is 10.2. The van der Waals surface area contributed by atoms with Crippen molar-refractivity contribution >= 4 is 33.2 Å². The molecule has 0 fully saturated rings. The average molecular weight is 386 g/mol. The Balaban J connectivity index is 2.16. The topological polar surface area (TPSA) is 37.6 Å². The Kier molecular flexibility index (Phi) is 4.71. The summed E-state index contributed by atoms with van der Waals surface area (Å²) in [6.45, 7) is 4.11. The van der Waals surface area contributed by atoms with Crippen molar-refractivity contribution in [1.29, 1.82) is 0 Å². The van der Waals surface area contributed by atoms with Crippen molar-refractivity contribution in [1.82, 2.24) is 9.38 Å². The van der Waals surface area contributed by atoms with Gasteiger partial charge in [-0.3, -0.25) is 9.20 Å². The number of carbonyl (C=O) groups excluding carboxylic acids is 1. The molecule has 0 saturated heterocycles. The zero-order valence-electron chi connectivity index (χ0n) is 14.1. The summed E-state index contributed by atoms with van der Waals surface area (Å²) in [4.78, 5) is 19.6. The number of imidazole rings is 1. The second-order valence-corrected chi connectivity index (χ2v) is 6.81. The van der Waals surface area contributed by atoms with Crippen LogP contribution in [0, 0.1) is 6.92 Å². The van der Waals surface area contributed by atoms with Gasteiger partial charge in [0.15, 0.2) is 0 Å². The Labute approximate surface area is 150 Å². The largest absolute Gasteiger partial charge is 0.310 e. The van der Waals surface area contributed by atoms with Gasteiger partial charge < -0.3 is 4.90 Å². The fourth-order valence-corrected chi connectivity index (χ4v) is 3.43. The number of halogens is 1. The predicted octanol–water partition coefficient (Wildman–Crippen LogP) is 4.63. The van der Waals surface area contributed by atoms with E-state index < -0.39 is 0 Å². The van der Waals surface area contributed by atoms with E-state index in [-0.39, 0.29) is 5.91 Å². The Morgan fingerprint density at radius 2 is 2.00 bits per heavy atom. The van der Waals surface area contributed by atoms with Crippen LogP contribution in [0.2, 0.25) is 0 Å². The molecule has 0 unspecified atom stereocenters. The van der Waals surface area contributed by atoms with Crippen LogP contribution in [0.25, 0.3) is 5.65 Å². The molecule has 0 aliphatic carbocycles. The number of pyridine rings is 1. The smallest absolute Gasteiger partial charge is 0.276 e. The number of anilines is 1. The number of para-hydroxylation sites is 1. The van der Waals surface area contributed by atoms with Crippen molar-refractivity contribution in [2.45, 2.75) is 26.7 Å². The number of carbonyl (C=O) groups is 1. The molecule has 0 aliphatic heterocycles. The summed E-state index contributed by atoms with van der Waals surface area (Å²) in [5.41, 5.74) is 4.25. The maximum Gasteiger partial charge on any atom is 0.276 e. The van der Waals surface area contributed by atoms with Gasteiger partial charge in [-0.2, -0.15) is 0 Å². The van der Waals surface area contributed by atoms with E-state index in [4.69, 9.17) is 4.98 Å². The molecule has 3 aromatic rings. The van der Waals surface area contributed by atoms with Gasteiger partial charge in [0.1, 0.15) is 11.3 Å². The zero-order chi connectivity index (χ0) is 17.3. The molecule has 0 atom stereocenters. The van der Waals surface area contributed by atoms with Crippen molar-refractivity contribution in [3.8, 4) is 0 Å². The lowest BCUT2D eigenvalue weighted by Gasteiger charge is -2.18. The van der Waals surface area contributed by atoms with Crippen LogP contribution in [-0.4, -0.2) is 22.3 Å². The number of rotatable bonds is 4. The Morgan fingerprint density at radius 1 is 1.29 bits per heavy atom. The first kappa shape index (κ1) is 16.7. The second kappa shape index (κ2) is 6.77. The quantitative estimate of drug-likeness (QED) is 0.656. The highest BCUT2D eigenvalue weighted by Gasteiger charge is 2.23. The molecule has 24 heavy (non-hydrogen) atoms. The fraction of sp³-hybridized carbons (Fsp3) is 0.263. The van der Waals surface area contributed by atoms with Gasteiger partial charge in [0, 0.05) is 23.4 Å². The first-order valence-corrected chi connectivity index (χ1v) is 8.82. The summed E-state index contributed by atoms with van der Waals surface area (Å²) >= 11 is 3.52. The summed E-state index contributed by atoms with van der Waals surface area (Å²) in [5, 5.41) is 0. The van der Waals surface area contributed by atoms with Crippen molar-refractivity contribution in [3.63, 3.8) is 0 Å². The molecule has 0 spiro atoms. The number of nitrogens with zero attached hydrogens (tertiary/aromatic N) is 3. The molecule has 5 heteroatoms. The summed E-state index contributed by atoms with van der Waals surface area (Å²) in [5.74, 6) is -0.0466. The van der Waals surface area contributed by atoms with Gasteiger partial charge in [-0.25, -0.2) is 4.98 Å². The van der Waals surface area contributed by atoms with E-state index in [9.17, 15) is 4.79 Å². The second-order valence-electron chi connectivity index (χ2n) is 5.89. The summed E-state index contributed by atoms with van der Waals surface area (Å²) < 4.78 is 2.84. The molecule has 1 aromatic carbocycles. The van der Waals surface area contributed by atoms with Crippen molar-refractivity contribution < 1.29 is 4.79 Å². The summed E-state index contributed by atoms with van der Waals surface area (Å²) in [6.07, 6.45) is 3.64. The van der Waals surface area contributed by atoms with E-state index in [1.54, 1.807) is 11.9 Å². The molecule has 0 radical (unpaired) electrons. The van der Waals surface area contributed by atoms with Crippen molar-refractivity contribution in [3.05, 3.63) is 64.0 Å². The van der Waals surface area contributed by atoms with E-state index in [0.717, 1.165) is 39.9 Å². The molecule has 2 heterocycles. The van der Waals surface area contributed by atoms with E-state index in [2.05, 4.69) is 22.9 Å². The fourth-order valence-electron chi connectivity index (χ4n) is 2.88. The predicted molar refractivity (Wildman–Crippen MR) is 101 cm³/mol. The molecule has 3 rings (SSSR count). The zero-order valence-corrected chi connectivity index (χ0v) is 15.7. The highest BCUT2D eigenvalue weighted by molar-refractivity contribution is 9.10. The van der Waals surface area contributed by atoms with Gasteiger partial charge in [0.25, 0.3) is 5.91 Å². The van der Waals surface area contributed by atoms with Gasteiger partial charge in [-0.1, -0.05) is 31.5 Å². The molecule has 0 bridgehead atoms. The maximum absolute atomic E-state index is 13.2. The number of aromatic nitrogens is 2. The Bertz CT molecular complexity index is 887. The number of aryl methyl sites for hydroxylation is 2. The van der Waals surface area contributed by atoms with Crippen LogP contribution in [-0.2, 0) is 6.42 Å². The lowest BCUT2D eigenvalue weighted by Crippen LogP contribution is -2.28. The number of amides is 1. The molecular formula is C19H20BrN3O. The van der Waals surface area contributed by atoms with Gasteiger partial charge in [-0.05, 0) is 53.0 Å². The number of hydrogen-bond acceptors (Lipinski definition) is 2. The van der Waals surface area contributed by atoms with Crippen LogP contribution in [0.4, 0.5) is 5.69 Å². The van der Waals surface area contributed by atoms with Crippen LogP contribution >= 0.6 is 15.9 Å². The highest BCUT2D eigenvalue weighted by Crippen LogP contribution is 2.24. The van der Waals surface area contributed by atoms with E-state index in [1.165, 1.54) is 0 Å². The minimum Gasteiger partial charge on any atom is -0.310 e. The van der Waals surface area contributed by atoms with Crippen molar-refractivity contribution in [2.24, 2.45) is 0 Å². The minimum absolute atomic E-state index is 0.0466. The molecule has 1 amide bonds. The van der Waals surface area contributed by atoms with Crippen molar-refractivity contribution in [2.75, 3.05) is 11.9 Å². The lowest BCUT2D eigenvalue weighted by molar-refractivity contribution is 0.0986. The molecule has 0 saturated carbocycles. The van der Waals surface area contributed by atoms with Gasteiger partial charge in [0.05, 0.1) is 5.69 Å². The van der Waals surface area contributed by atoms with Crippen LogP contribution in [0.1, 0.15) is 35.1 Å². The van der Waals surface area contributed by atoms with Gasteiger partial charge in [0.2, 0.25) is 0 Å². The van der Waals surface area contributed by atoms with Crippen LogP contribution in [0.5, 0.6) is 0 Å². The van der Waals surface area contributed by atoms with E-state index in [1.807, 2.05) is 53.9 Å². The molecule has 4 nitrogen and oxygen atoms in total. The number of fused-ring (bicyclic) bond motifs is 1. The number of hydrogen-bond donors (Lipinski definition) is 0. The Morgan fingerprint density at radius 3 is 2.67 bits per heavy atom. The number of benzene rings is 1. The maximum atomic E-state index is 13.2. The third kappa shape index (κ3) is 2.96. The standard InChI is InChI=1S/C19H20BrN3O/c1-4-8-16-17(19(24)22(3)15-9-6-5-7-10-15)23-12-14(20)11-13(2)18(23)21-16/h5-7,9-12H,4,8H2,1-3H3. The van der Waals surface area contributed by atoms with E-state index in [0.29, 0.717) is 5.69 Å². The normalized spacial score (nSPS) is 11.0. The molecule has 0 aliphatic rings. The SMILES string of the molecule is CCCc1nc2c(C)cc(Br)cn2c1C(=O)N(C)c1ccccc1. The first-order valence-electron chi connectivity index (χ1n) is 8.03. The molecule has 2 aromatic heterocycles. The Hall–Kier alpha value is -2.14. The highest BCUT2D eigenvalue weighted by atomic mass is 79.9. The first-order chi connectivity index (χ1) is 11.5. The third-order valence-corrected chi connectivity index (χ3v) is 4.51. The van der Waals surface area contributed by atoms with Crippen LogP contribution in [0.15, 0.2) is 47.1 Å². The van der Waals surface area contributed by atoms with Crippen LogP contribution in [0.3, 0.4) is 0 Å². The van der Waals surface area contributed by atoms with Crippen LogP contribution < -0.4 is 4.90 Å². The minimum atomic E-state index is -0.0466. The van der Waals surface area contributed by atoms with Gasteiger partial charge in [-0.15, -0.1) is 0 Å². The molecular weight excluding hydrogens is 366 g/mol.